The molecule has 0 spiro atoms. The summed E-state index contributed by atoms with van der Waals surface area (Å²) in [5, 5.41) is 6.90. The number of aliphatic imine (C=N–C) groups is 1. The highest BCUT2D eigenvalue weighted by Gasteiger charge is 2.25. The van der Waals surface area contributed by atoms with Gasteiger partial charge in [-0.15, -0.1) is 0 Å². The first kappa shape index (κ1) is 24.0. The Balaban J connectivity index is 2.02. The molecule has 164 valence electrons. The van der Waals surface area contributed by atoms with Gasteiger partial charge in [0.25, 0.3) is 0 Å². The first-order valence-electron chi connectivity index (χ1n) is 10.7. The van der Waals surface area contributed by atoms with Crippen molar-refractivity contribution >= 4 is 17.7 Å². The topological polar surface area (TPSA) is 42.9 Å². The summed E-state index contributed by atoms with van der Waals surface area (Å²) in [5.74, 6) is 2.01. The second-order valence-electron chi connectivity index (χ2n) is 8.07. The van der Waals surface area contributed by atoms with Crippen LogP contribution in [0, 0.1) is 11.7 Å². The molecule has 1 aromatic carbocycles. The van der Waals surface area contributed by atoms with Crippen molar-refractivity contribution in [3.63, 3.8) is 0 Å². The fourth-order valence-electron chi connectivity index (χ4n) is 3.69. The lowest BCUT2D eigenvalue weighted by Crippen LogP contribution is -2.55. The average molecular weight is 424 g/mol. The molecule has 1 aromatic rings. The molecule has 1 fully saturated rings. The number of benzene rings is 1. The fraction of sp³-hybridized carbons (Fsp3) is 0.682. The summed E-state index contributed by atoms with van der Waals surface area (Å²) in [6.45, 7) is 13.4. The summed E-state index contributed by atoms with van der Waals surface area (Å²) in [7, 11) is 2.19. The van der Waals surface area contributed by atoms with Crippen molar-refractivity contribution < 1.29 is 4.39 Å². The average Bonchev–Trinajstić information content (AvgIpc) is 2.68. The van der Waals surface area contributed by atoms with Crippen LogP contribution < -0.4 is 10.6 Å². The Kier molecular flexibility index (Phi) is 10.2. The normalized spacial score (nSPS) is 17.6. The van der Waals surface area contributed by atoms with E-state index in [0.717, 1.165) is 62.1 Å². The summed E-state index contributed by atoms with van der Waals surface area (Å²) in [4.78, 5) is 9.77. The molecule has 0 amide bonds. The second kappa shape index (κ2) is 12.4. The Morgan fingerprint density at radius 3 is 2.52 bits per heavy atom. The largest absolute Gasteiger partial charge is 0.357 e. The zero-order chi connectivity index (χ0) is 21.2. The molecule has 0 aromatic heterocycles. The lowest BCUT2D eigenvalue weighted by Gasteiger charge is -2.40. The third-order valence-electron chi connectivity index (χ3n) is 5.47. The minimum Gasteiger partial charge on any atom is -0.357 e. The highest BCUT2D eigenvalue weighted by molar-refractivity contribution is 7.97. The van der Waals surface area contributed by atoms with Gasteiger partial charge in [-0.1, -0.05) is 19.9 Å². The maximum Gasteiger partial charge on any atom is 0.191 e. The van der Waals surface area contributed by atoms with Gasteiger partial charge in [0.05, 0.1) is 6.54 Å². The number of nitrogens with one attached hydrogen (secondary N) is 2. The Labute approximate surface area is 180 Å². The van der Waals surface area contributed by atoms with Gasteiger partial charge < -0.3 is 15.5 Å². The highest BCUT2D eigenvalue weighted by atomic mass is 32.2. The quantitative estimate of drug-likeness (QED) is 0.472. The molecule has 5 nitrogen and oxygen atoms in total. The lowest BCUT2D eigenvalue weighted by atomic mass is 10.0. The molecule has 1 aliphatic heterocycles. The number of guanidine groups is 1. The van der Waals surface area contributed by atoms with Gasteiger partial charge in [-0.05, 0) is 49.4 Å². The van der Waals surface area contributed by atoms with Crippen LogP contribution in [0.15, 0.2) is 23.2 Å². The summed E-state index contributed by atoms with van der Waals surface area (Å²) in [6.07, 6.45) is 2.04. The van der Waals surface area contributed by atoms with E-state index in [1.54, 1.807) is 17.8 Å². The van der Waals surface area contributed by atoms with Crippen molar-refractivity contribution in [1.82, 2.24) is 20.4 Å². The minimum absolute atomic E-state index is 0.182. The van der Waals surface area contributed by atoms with E-state index in [-0.39, 0.29) is 5.82 Å². The zero-order valence-electron chi connectivity index (χ0n) is 18.7. The van der Waals surface area contributed by atoms with Gasteiger partial charge in [0, 0.05) is 51.1 Å². The first-order chi connectivity index (χ1) is 13.9. The van der Waals surface area contributed by atoms with Gasteiger partial charge in [0.15, 0.2) is 5.96 Å². The van der Waals surface area contributed by atoms with Crippen molar-refractivity contribution in [3.05, 3.63) is 35.1 Å². The van der Waals surface area contributed by atoms with Crippen LogP contribution in [0.4, 0.5) is 4.39 Å². The predicted molar refractivity (Wildman–Crippen MR) is 124 cm³/mol. The van der Waals surface area contributed by atoms with Gasteiger partial charge in [0.1, 0.15) is 5.82 Å². The lowest BCUT2D eigenvalue weighted by molar-refractivity contribution is 0.0900. The van der Waals surface area contributed by atoms with E-state index in [4.69, 9.17) is 4.99 Å². The summed E-state index contributed by atoms with van der Waals surface area (Å²) < 4.78 is 13.6. The van der Waals surface area contributed by atoms with E-state index in [9.17, 15) is 4.39 Å². The second-order valence-corrected chi connectivity index (χ2v) is 8.94. The van der Waals surface area contributed by atoms with E-state index >= 15 is 0 Å². The first-order valence-corrected chi connectivity index (χ1v) is 12.0. The Morgan fingerprint density at radius 2 is 1.90 bits per heavy atom. The molecule has 7 heteroatoms. The molecule has 0 saturated carbocycles. The molecular weight excluding hydrogens is 385 g/mol. The van der Waals surface area contributed by atoms with Gasteiger partial charge >= 0.3 is 0 Å². The number of halogens is 1. The zero-order valence-corrected chi connectivity index (χ0v) is 19.5. The van der Waals surface area contributed by atoms with Crippen molar-refractivity contribution in [1.29, 1.82) is 0 Å². The third kappa shape index (κ3) is 7.79. The molecule has 1 unspecified atom stereocenters. The standard InChI is InChI=1S/C22H38FN5S/c1-6-24-22(25-14-18-7-8-20(23)13-19(18)16-29-5)26-15-21(17(2)3)28-11-9-27(4)10-12-28/h7-8,13,17,21H,6,9-12,14-16H2,1-5H3,(H2,24,25,26). The van der Waals surface area contributed by atoms with E-state index in [1.165, 1.54) is 6.07 Å². The van der Waals surface area contributed by atoms with Crippen LogP contribution in [0.3, 0.4) is 0 Å². The smallest absolute Gasteiger partial charge is 0.191 e. The molecule has 29 heavy (non-hydrogen) atoms. The molecule has 2 rings (SSSR count). The molecule has 0 radical (unpaired) electrons. The molecule has 2 N–H and O–H groups in total. The van der Waals surface area contributed by atoms with Gasteiger partial charge in [-0.25, -0.2) is 9.38 Å². The van der Waals surface area contributed by atoms with Gasteiger partial charge in [0.2, 0.25) is 0 Å². The number of hydrogen-bond acceptors (Lipinski definition) is 4. The van der Waals surface area contributed by atoms with Crippen LogP contribution in [0.5, 0.6) is 0 Å². The van der Waals surface area contributed by atoms with Gasteiger partial charge in [-0.2, -0.15) is 11.8 Å². The number of thioether (sulfide) groups is 1. The summed E-state index contributed by atoms with van der Waals surface area (Å²) in [5.41, 5.74) is 2.10. The SMILES string of the molecule is CCNC(=NCc1ccc(F)cc1CSC)NCC(C(C)C)N1CCN(C)CC1. The maximum absolute atomic E-state index is 13.6. The summed E-state index contributed by atoms with van der Waals surface area (Å²) >= 11 is 1.70. The molecule has 0 aliphatic carbocycles. The van der Waals surface area contributed by atoms with E-state index in [2.05, 4.69) is 48.3 Å². The van der Waals surface area contributed by atoms with Crippen LogP contribution in [0.2, 0.25) is 0 Å². The molecule has 1 heterocycles. The van der Waals surface area contributed by atoms with Crippen molar-refractivity contribution in [2.24, 2.45) is 10.9 Å². The molecule has 1 saturated heterocycles. The third-order valence-corrected chi connectivity index (χ3v) is 6.07. The van der Waals surface area contributed by atoms with Crippen LogP contribution in [0.1, 0.15) is 31.9 Å². The van der Waals surface area contributed by atoms with Gasteiger partial charge in [-0.3, -0.25) is 4.90 Å². The van der Waals surface area contributed by atoms with Crippen molar-refractivity contribution in [2.75, 3.05) is 52.6 Å². The molecular formula is C22H38FN5S. The minimum atomic E-state index is -0.182. The van der Waals surface area contributed by atoms with Crippen LogP contribution >= 0.6 is 11.8 Å². The number of rotatable bonds is 9. The van der Waals surface area contributed by atoms with Crippen molar-refractivity contribution in [2.45, 2.75) is 39.1 Å². The fourth-order valence-corrected chi connectivity index (χ4v) is 4.27. The van der Waals surface area contributed by atoms with Crippen molar-refractivity contribution in [3.8, 4) is 0 Å². The Morgan fingerprint density at radius 1 is 1.17 bits per heavy atom. The number of piperazine rings is 1. The Hall–Kier alpha value is -1.31. The molecule has 1 aliphatic rings. The van der Waals surface area contributed by atoms with Crippen LogP contribution in [-0.4, -0.2) is 74.4 Å². The summed E-state index contributed by atoms with van der Waals surface area (Å²) in [6, 6.07) is 5.49. The van der Waals surface area contributed by atoms with E-state index in [0.29, 0.717) is 18.5 Å². The van der Waals surface area contributed by atoms with E-state index < -0.39 is 0 Å². The predicted octanol–water partition coefficient (Wildman–Crippen LogP) is 3.02. The monoisotopic (exact) mass is 423 g/mol. The molecule has 0 bridgehead atoms. The molecule has 1 atom stereocenters. The Bertz CT molecular complexity index is 644. The number of hydrogen-bond donors (Lipinski definition) is 2. The number of likely N-dealkylation sites (N-methyl/N-ethyl adjacent to an activating group) is 1. The number of nitrogens with zero attached hydrogens (tertiary/aromatic N) is 3. The van der Waals surface area contributed by atoms with Crippen LogP contribution in [-0.2, 0) is 12.3 Å². The highest BCUT2D eigenvalue weighted by Crippen LogP contribution is 2.18. The van der Waals surface area contributed by atoms with Crippen LogP contribution in [0.25, 0.3) is 0 Å². The van der Waals surface area contributed by atoms with E-state index in [1.807, 2.05) is 12.3 Å². The maximum atomic E-state index is 13.6.